The first-order valence-electron chi connectivity index (χ1n) is 4.24. The maximum Gasteiger partial charge on any atom is 0.318 e. The van der Waals surface area contributed by atoms with E-state index in [-0.39, 0.29) is 0 Å². The van der Waals surface area contributed by atoms with Crippen molar-refractivity contribution in [2.24, 2.45) is 12.8 Å². The lowest BCUT2D eigenvalue weighted by Gasteiger charge is -2.10. The Hall–Kier alpha value is -2.05. The lowest BCUT2D eigenvalue weighted by Crippen LogP contribution is -2.42. The van der Waals surface area contributed by atoms with E-state index in [2.05, 4.69) is 5.10 Å². The van der Waals surface area contributed by atoms with Crippen LogP contribution in [0.1, 0.15) is 6.92 Å². The molecule has 0 fully saturated rings. The Morgan fingerprint density at radius 2 is 2.33 bits per heavy atom. The number of primary amides is 1. The molecule has 3 N–H and O–H groups in total. The molecule has 15 heavy (non-hydrogen) atoms. The summed E-state index contributed by atoms with van der Waals surface area (Å²) in [7, 11) is 1.72. The van der Waals surface area contributed by atoms with Crippen LogP contribution in [-0.4, -0.2) is 27.8 Å². The van der Waals surface area contributed by atoms with Crippen molar-refractivity contribution < 1.29 is 14.3 Å². The Balaban J connectivity index is 2.51. The second-order valence-electron chi connectivity index (χ2n) is 2.96. The number of nitrogens with two attached hydrogens (primary N) is 1. The number of nitrogens with one attached hydrogen (secondary N) is 1. The van der Waals surface area contributed by atoms with Gasteiger partial charge < -0.3 is 10.5 Å². The number of ether oxygens (including phenoxy) is 1. The molecule has 82 valence electrons. The monoisotopic (exact) mass is 212 g/mol. The molecule has 0 spiro atoms. The molecule has 1 aromatic heterocycles. The van der Waals surface area contributed by atoms with Crippen LogP contribution in [0.5, 0.6) is 5.75 Å². The van der Waals surface area contributed by atoms with E-state index in [9.17, 15) is 9.59 Å². The quantitative estimate of drug-likeness (QED) is 0.697. The molecule has 1 heterocycles. The van der Waals surface area contributed by atoms with E-state index in [4.69, 9.17) is 10.5 Å². The van der Waals surface area contributed by atoms with Crippen molar-refractivity contribution in [2.45, 2.75) is 13.0 Å². The van der Waals surface area contributed by atoms with Crippen molar-refractivity contribution in [1.29, 1.82) is 0 Å². The molecule has 0 aromatic carbocycles. The highest BCUT2D eigenvalue weighted by molar-refractivity contribution is 5.95. The van der Waals surface area contributed by atoms with E-state index < -0.39 is 18.0 Å². The van der Waals surface area contributed by atoms with Gasteiger partial charge in [-0.15, -0.1) is 0 Å². The second-order valence-corrected chi connectivity index (χ2v) is 2.96. The summed E-state index contributed by atoms with van der Waals surface area (Å²) in [6, 6.07) is -0.901. The number of rotatable bonds is 3. The minimum atomic E-state index is -0.901. The molecule has 0 aliphatic heterocycles. The summed E-state index contributed by atoms with van der Waals surface area (Å²) in [4.78, 5) is 21.6. The number of carbonyl (C=O) groups excluding carboxylic acids is 2. The first kappa shape index (κ1) is 11.0. The number of aryl methyl sites for hydroxylation is 1. The first-order valence-corrected chi connectivity index (χ1v) is 4.24. The van der Waals surface area contributed by atoms with E-state index in [1.54, 1.807) is 13.2 Å². The molecule has 0 bridgehead atoms. The van der Waals surface area contributed by atoms with Gasteiger partial charge in [0.25, 0.3) is 5.91 Å². The molecule has 7 nitrogen and oxygen atoms in total. The van der Waals surface area contributed by atoms with Gasteiger partial charge in [0.05, 0.1) is 12.4 Å². The van der Waals surface area contributed by atoms with Crippen molar-refractivity contribution in [1.82, 2.24) is 15.1 Å². The van der Waals surface area contributed by atoms with Gasteiger partial charge in [-0.3, -0.25) is 14.8 Å². The molecule has 1 unspecified atom stereocenters. The van der Waals surface area contributed by atoms with E-state index in [1.165, 1.54) is 17.8 Å². The highest BCUT2D eigenvalue weighted by Crippen LogP contribution is 2.09. The summed E-state index contributed by atoms with van der Waals surface area (Å²) < 4.78 is 6.73. The fraction of sp³-hybridized carbons (Fsp3) is 0.375. The fourth-order valence-corrected chi connectivity index (χ4v) is 0.940. The van der Waals surface area contributed by atoms with Gasteiger partial charge >= 0.3 is 6.03 Å². The highest BCUT2D eigenvalue weighted by Gasteiger charge is 2.16. The molecule has 1 atom stereocenters. The van der Waals surface area contributed by atoms with Crippen molar-refractivity contribution in [3.8, 4) is 5.75 Å². The molecule has 1 aromatic rings. The van der Waals surface area contributed by atoms with E-state index >= 15 is 0 Å². The molecular weight excluding hydrogens is 200 g/mol. The lowest BCUT2D eigenvalue weighted by atomic mass is 10.4. The van der Waals surface area contributed by atoms with E-state index in [1.807, 2.05) is 5.32 Å². The molecule has 3 amide bonds. The van der Waals surface area contributed by atoms with E-state index in [0.717, 1.165) is 0 Å². The summed E-state index contributed by atoms with van der Waals surface area (Å²) in [6.45, 7) is 1.51. The minimum Gasteiger partial charge on any atom is -0.478 e. The van der Waals surface area contributed by atoms with Crippen LogP contribution in [0.2, 0.25) is 0 Å². The van der Waals surface area contributed by atoms with Gasteiger partial charge in [-0.25, -0.2) is 4.79 Å². The normalized spacial score (nSPS) is 11.9. The van der Waals surface area contributed by atoms with Gasteiger partial charge in [0, 0.05) is 7.05 Å². The predicted molar refractivity (Wildman–Crippen MR) is 51.0 cm³/mol. The zero-order valence-electron chi connectivity index (χ0n) is 8.43. The maximum absolute atomic E-state index is 11.2. The minimum absolute atomic E-state index is 0.449. The average molecular weight is 212 g/mol. The molecular formula is C8H12N4O3. The molecule has 7 heteroatoms. The van der Waals surface area contributed by atoms with Gasteiger partial charge in [0.2, 0.25) is 0 Å². The number of carbonyl (C=O) groups is 2. The van der Waals surface area contributed by atoms with Gasteiger partial charge in [0.15, 0.2) is 11.9 Å². The Labute approximate surface area is 86.2 Å². The number of amides is 3. The van der Waals surface area contributed by atoms with Crippen LogP contribution in [0.25, 0.3) is 0 Å². The van der Waals surface area contributed by atoms with Crippen LogP contribution in [0.4, 0.5) is 4.79 Å². The number of aromatic nitrogens is 2. The van der Waals surface area contributed by atoms with Crippen LogP contribution in [0, 0.1) is 0 Å². The highest BCUT2D eigenvalue weighted by atomic mass is 16.5. The standard InChI is InChI=1S/C8H12N4O3/c1-5(7(13)11-8(9)14)15-6-3-10-12(2)4-6/h3-5H,1-2H3,(H3,9,11,13,14). The number of hydrogen-bond acceptors (Lipinski definition) is 4. The van der Waals surface area contributed by atoms with Crippen LogP contribution < -0.4 is 15.8 Å². The third kappa shape index (κ3) is 3.29. The largest absolute Gasteiger partial charge is 0.478 e. The van der Waals surface area contributed by atoms with E-state index in [0.29, 0.717) is 5.75 Å². The zero-order valence-corrected chi connectivity index (χ0v) is 8.43. The summed E-state index contributed by atoms with van der Waals surface area (Å²) in [5, 5.41) is 5.78. The van der Waals surface area contributed by atoms with Gasteiger partial charge in [-0.05, 0) is 6.92 Å². The summed E-state index contributed by atoms with van der Waals surface area (Å²) in [5.41, 5.74) is 4.79. The summed E-state index contributed by atoms with van der Waals surface area (Å²) in [5.74, 6) is -0.143. The fourth-order valence-electron chi connectivity index (χ4n) is 0.940. The topological polar surface area (TPSA) is 99.2 Å². The summed E-state index contributed by atoms with van der Waals surface area (Å²) >= 11 is 0. The van der Waals surface area contributed by atoms with Crippen LogP contribution in [0.15, 0.2) is 12.4 Å². The molecule has 1 rings (SSSR count). The van der Waals surface area contributed by atoms with Gasteiger partial charge in [0.1, 0.15) is 0 Å². The number of imide groups is 1. The second kappa shape index (κ2) is 4.45. The van der Waals surface area contributed by atoms with Crippen LogP contribution in [-0.2, 0) is 11.8 Å². The maximum atomic E-state index is 11.2. The first-order chi connectivity index (χ1) is 6.99. The molecule has 0 aliphatic carbocycles. The third-order valence-corrected chi connectivity index (χ3v) is 1.61. The van der Waals surface area contributed by atoms with Crippen molar-refractivity contribution in [2.75, 3.05) is 0 Å². The molecule has 0 saturated heterocycles. The summed E-state index contributed by atoms with van der Waals surface area (Å²) in [6.07, 6.45) is 2.27. The molecule has 0 aliphatic rings. The SMILES string of the molecule is CC(Oc1cnn(C)c1)C(=O)NC(N)=O. The Morgan fingerprint density at radius 3 is 2.80 bits per heavy atom. The van der Waals surface area contributed by atoms with Crippen LogP contribution in [0.3, 0.4) is 0 Å². The zero-order chi connectivity index (χ0) is 11.4. The average Bonchev–Trinajstić information content (AvgIpc) is 2.50. The van der Waals surface area contributed by atoms with Gasteiger partial charge in [-0.1, -0.05) is 0 Å². The Kier molecular flexibility index (Phi) is 3.27. The Bertz CT molecular complexity index is 374. The predicted octanol–water partition coefficient (Wildman–Crippen LogP) is -0.618. The van der Waals surface area contributed by atoms with Crippen molar-refractivity contribution in [3.05, 3.63) is 12.4 Å². The Morgan fingerprint density at radius 1 is 1.67 bits per heavy atom. The molecule has 0 saturated carbocycles. The van der Waals surface area contributed by atoms with Crippen molar-refractivity contribution >= 4 is 11.9 Å². The number of nitrogens with zero attached hydrogens (tertiary/aromatic N) is 2. The smallest absolute Gasteiger partial charge is 0.318 e. The lowest BCUT2D eigenvalue weighted by molar-refractivity contribution is -0.126. The van der Waals surface area contributed by atoms with Gasteiger partial charge in [-0.2, -0.15) is 5.10 Å². The number of urea groups is 1. The molecule has 0 radical (unpaired) electrons. The van der Waals surface area contributed by atoms with Crippen molar-refractivity contribution in [3.63, 3.8) is 0 Å². The third-order valence-electron chi connectivity index (χ3n) is 1.61. The number of hydrogen-bond donors (Lipinski definition) is 2. The van der Waals surface area contributed by atoms with Crippen LogP contribution >= 0.6 is 0 Å².